The molecule has 0 spiro atoms. The Morgan fingerprint density at radius 2 is 1.88 bits per heavy atom. The topological polar surface area (TPSA) is 85.3 Å². The Morgan fingerprint density at radius 3 is 2.62 bits per heavy atom. The fourth-order valence-corrected chi connectivity index (χ4v) is 5.78. The highest BCUT2D eigenvalue weighted by molar-refractivity contribution is 8.01. The average Bonchev–Trinajstić information content (AvgIpc) is 3.49. The number of benzene rings is 2. The van der Waals surface area contributed by atoms with Crippen LogP contribution in [-0.2, 0) is 0 Å². The fourth-order valence-electron chi connectivity index (χ4n) is 3.56. The second kappa shape index (κ2) is 9.28. The van der Waals surface area contributed by atoms with Crippen molar-refractivity contribution in [1.82, 2.24) is 20.2 Å². The van der Waals surface area contributed by atoms with Crippen molar-refractivity contribution in [3.8, 4) is 5.69 Å². The number of aryl methyl sites for hydroxylation is 3. The molecule has 34 heavy (non-hydrogen) atoms. The molecule has 0 aliphatic rings. The molecule has 5 aromatic rings. The largest absolute Gasteiger partial charge is 0.466 e. The van der Waals surface area contributed by atoms with Crippen LogP contribution >= 0.6 is 23.1 Å². The summed E-state index contributed by atoms with van der Waals surface area (Å²) in [5.74, 6) is 0.922. The maximum absolute atomic E-state index is 12.5. The van der Waals surface area contributed by atoms with Crippen LogP contribution in [-0.4, -0.2) is 26.9 Å². The molecular formula is C25H21N5O2S2. The Balaban J connectivity index is 1.49. The lowest BCUT2D eigenvalue weighted by atomic mass is 10.2. The van der Waals surface area contributed by atoms with Crippen molar-refractivity contribution >= 4 is 45.4 Å². The molecule has 3 heterocycles. The van der Waals surface area contributed by atoms with Gasteiger partial charge in [-0.05, 0) is 62.9 Å². The fraction of sp³-hybridized carbons (Fsp3) is 0.120. The van der Waals surface area contributed by atoms with Crippen LogP contribution in [0.1, 0.15) is 33.1 Å². The lowest BCUT2D eigenvalue weighted by Crippen LogP contribution is -2.17. The van der Waals surface area contributed by atoms with Gasteiger partial charge >= 0.3 is 0 Å². The molecule has 0 atom stereocenters. The highest BCUT2D eigenvalue weighted by Crippen LogP contribution is 2.37. The number of nitrogens with zero attached hydrogens (tertiary/aromatic N) is 4. The van der Waals surface area contributed by atoms with E-state index in [0.717, 1.165) is 36.5 Å². The average molecular weight is 488 g/mol. The third-order valence-electron chi connectivity index (χ3n) is 5.17. The zero-order chi connectivity index (χ0) is 23.7. The molecule has 170 valence electrons. The number of amides is 1. The monoisotopic (exact) mass is 487 g/mol. The Kier molecular flexibility index (Phi) is 6.04. The molecule has 1 amide bonds. The van der Waals surface area contributed by atoms with Crippen LogP contribution in [0.15, 0.2) is 79.5 Å². The Bertz CT molecular complexity index is 1480. The van der Waals surface area contributed by atoms with Crippen LogP contribution in [0.2, 0.25) is 0 Å². The summed E-state index contributed by atoms with van der Waals surface area (Å²) in [4.78, 5) is 17.3. The molecule has 3 aromatic heterocycles. The van der Waals surface area contributed by atoms with Gasteiger partial charge in [0.05, 0.1) is 38.9 Å². The minimum Gasteiger partial charge on any atom is -0.466 e. The van der Waals surface area contributed by atoms with Crippen LogP contribution in [0.5, 0.6) is 0 Å². The van der Waals surface area contributed by atoms with Crippen molar-refractivity contribution in [2.24, 2.45) is 5.10 Å². The number of hydrogen-bond donors (Lipinski definition) is 1. The number of nitrogens with one attached hydrogen (secondary N) is 1. The van der Waals surface area contributed by atoms with Gasteiger partial charge < -0.3 is 4.42 Å². The van der Waals surface area contributed by atoms with Crippen molar-refractivity contribution in [3.05, 3.63) is 89.0 Å². The summed E-state index contributed by atoms with van der Waals surface area (Å²) in [5.41, 5.74) is 6.57. The van der Waals surface area contributed by atoms with E-state index in [2.05, 4.69) is 16.6 Å². The van der Waals surface area contributed by atoms with E-state index in [1.165, 1.54) is 11.8 Å². The molecule has 9 heteroatoms. The lowest BCUT2D eigenvalue weighted by Gasteiger charge is -2.06. The van der Waals surface area contributed by atoms with Gasteiger partial charge in [0.2, 0.25) is 0 Å². The Labute approximate surface area is 204 Å². The summed E-state index contributed by atoms with van der Waals surface area (Å²) in [6.07, 6.45) is 1.64. The van der Waals surface area contributed by atoms with E-state index in [9.17, 15) is 4.79 Å². The number of thiazole rings is 1. The predicted molar refractivity (Wildman–Crippen MR) is 135 cm³/mol. The van der Waals surface area contributed by atoms with Crippen molar-refractivity contribution in [2.45, 2.75) is 30.1 Å². The standard InChI is InChI=1S/C25H21N5O2S2/c1-15-13-19(17(3)32-15)23(31)28-26-14-20-16(2)29-30(18-9-5-4-6-10-18)24(20)34-25-27-21-11-7-8-12-22(21)33-25/h4-14H,1-3H3,(H,28,31)/b26-14+. The van der Waals surface area contributed by atoms with E-state index in [0.29, 0.717) is 17.1 Å². The Morgan fingerprint density at radius 1 is 1.12 bits per heavy atom. The van der Waals surface area contributed by atoms with Crippen LogP contribution in [0.25, 0.3) is 15.9 Å². The minimum atomic E-state index is -0.320. The number of para-hydroxylation sites is 2. The number of hydrazone groups is 1. The van der Waals surface area contributed by atoms with Gasteiger partial charge in [-0.3, -0.25) is 4.79 Å². The van der Waals surface area contributed by atoms with Gasteiger partial charge in [0, 0.05) is 0 Å². The van der Waals surface area contributed by atoms with E-state index < -0.39 is 0 Å². The first-order chi connectivity index (χ1) is 16.5. The normalized spacial score (nSPS) is 11.5. The molecule has 2 aromatic carbocycles. The van der Waals surface area contributed by atoms with Crippen LogP contribution in [0.4, 0.5) is 0 Å². The lowest BCUT2D eigenvalue weighted by molar-refractivity contribution is 0.0953. The number of carbonyl (C=O) groups excluding carboxylic acids is 1. The third-order valence-corrected chi connectivity index (χ3v) is 7.35. The number of fused-ring (bicyclic) bond motifs is 1. The van der Waals surface area contributed by atoms with E-state index in [-0.39, 0.29) is 5.91 Å². The molecule has 5 rings (SSSR count). The number of hydrogen-bond acceptors (Lipinski definition) is 7. The molecule has 0 aliphatic heterocycles. The van der Waals surface area contributed by atoms with Crippen LogP contribution in [0.3, 0.4) is 0 Å². The molecule has 0 saturated heterocycles. The van der Waals surface area contributed by atoms with E-state index in [1.807, 2.05) is 60.1 Å². The van der Waals surface area contributed by atoms with Gasteiger partial charge in [0.1, 0.15) is 16.5 Å². The predicted octanol–water partition coefficient (Wildman–Crippen LogP) is 5.92. The smallest absolute Gasteiger partial charge is 0.274 e. The zero-order valence-corrected chi connectivity index (χ0v) is 20.4. The number of rotatable bonds is 6. The molecule has 1 N–H and O–H groups in total. The summed E-state index contributed by atoms with van der Waals surface area (Å²) in [7, 11) is 0. The van der Waals surface area contributed by atoms with Gasteiger partial charge in [-0.25, -0.2) is 15.1 Å². The first kappa shape index (κ1) is 22.1. The summed E-state index contributed by atoms with van der Waals surface area (Å²) in [6.45, 7) is 5.49. The molecule has 0 unspecified atom stereocenters. The maximum Gasteiger partial charge on any atom is 0.274 e. The van der Waals surface area contributed by atoms with Gasteiger partial charge in [-0.1, -0.05) is 30.3 Å². The minimum absolute atomic E-state index is 0.320. The van der Waals surface area contributed by atoms with Gasteiger partial charge in [0.25, 0.3) is 5.91 Å². The number of aromatic nitrogens is 3. The van der Waals surface area contributed by atoms with Crippen molar-refractivity contribution in [2.75, 3.05) is 0 Å². The number of furan rings is 1. The maximum atomic E-state index is 12.5. The highest BCUT2D eigenvalue weighted by Gasteiger charge is 2.19. The molecule has 0 fully saturated rings. The first-order valence-corrected chi connectivity index (χ1v) is 12.2. The molecule has 7 nitrogen and oxygen atoms in total. The molecular weight excluding hydrogens is 466 g/mol. The first-order valence-electron chi connectivity index (χ1n) is 10.6. The van der Waals surface area contributed by atoms with E-state index in [4.69, 9.17) is 14.5 Å². The third kappa shape index (κ3) is 4.40. The van der Waals surface area contributed by atoms with Gasteiger partial charge in [-0.2, -0.15) is 10.2 Å². The second-order valence-electron chi connectivity index (χ2n) is 7.63. The Hall–Kier alpha value is -3.69. The van der Waals surface area contributed by atoms with Crippen molar-refractivity contribution in [3.63, 3.8) is 0 Å². The van der Waals surface area contributed by atoms with E-state index >= 15 is 0 Å². The zero-order valence-electron chi connectivity index (χ0n) is 18.8. The van der Waals surface area contributed by atoms with Crippen LogP contribution in [0, 0.1) is 20.8 Å². The summed E-state index contributed by atoms with van der Waals surface area (Å²) < 4.78 is 9.36. The molecule has 0 bridgehead atoms. The highest BCUT2D eigenvalue weighted by atomic mass is 32.2. The molecule has 0 aliphatic carbocycles. The van der Waals surface area contributed by atoms with Gasteiger partial charge in [-0.15, -0.1) is 11.3 Å². The summed E-state index contributed by atoms with van der Waals surface area (Å²) >= 11 is 3.16. The van der Waals surface area contributed by atoms with Crippen molar-refractivity contribution in [1.29, 1.82) is 0 Å². The molecule has 0 saturated carbocycles. The van der Waals surface area contributed by atoms with E-state index in [1.54, 1.807) is 37.5 Å². The summed E-state index contributed by atoms with van der Waals surface area (Å²) in [5, 5.41) is 9.86. The SMILES string of the molecule is Cc1cc(C(=O)N/N=C/c2c(C)nn(-c3ccccc3)c2Sc2nc3ccccc3s2)c(C)o1. The number of carbonyl (C=O) groups is 1. The second-order valence-corrected chi connectivity index (χ2v) is 9.89. The van der Waals surface area contributed by atoms with Crippen molar-refractivity contribution < 1.29 is 9.21 Å². The van der Waals surface area contributed by atoms with Crippen LogP contribution < -0.4 is 5.43 Å². The van der Waals surface area contributed by atoms with Gasteiger partial charge in [0.15, 0.2) is 4.34 Å². The quantitative estimate of drug-likeness (QED) is 0.238. The molecule has 0 radical (unpaired) electrons. The summed E-state index contributed by atoms with van der Waals surface area (Å²) in [6, 6.07) is 19.7.